The minimum atomic E-state index is -3.52. The number of nitrogens with zero attached hydrogens (tertiary/aromatic N) is 2. The van der Waals surface area contributed by atoms with Crippen molar-refractivity contribution in [2.24, 2.45) is 0 Å². The number of amides is 1. The number of sulfonamides is 1. The van der Waals surface area contributed by atoms with Crippen molar-refractivity contribution in [1.29, 1.82) is 0 Å². The summed E-state index contributed by atoms with van der Waals surface area (Å²) in [5, 5.41) is 3.01. The average molecular weight is 494 g/mol. The molecule has 1 fully saturated rings. The van der Waals surface area contributed by atoms with Crippen molar-refractivity contribution in [3.05, 3.63) is 89.2 Å². The Hall–Kier alpha value is -3.23. The van der Waals surface area contributed by atoms with Gasteiger partial charge in [0, 0.05) is 31.2 Å². The fourth-order valence-corrected chi connectivity index (χ4v) is 6.00. The standard InChI is InChI=1S/C27H31N3O4S/c1-20-12-13-24(27(31)28-17-14-21-8-6-7-11-25(21)34-2)26(29-20)22-15-18-30(19-16-22)35(32,33)23-9-4-3-5-10-23/h3-13,22H,14-19H2,1-2H3,(H,28,31). The first-order chi connectivity index (χ1) is 16.9. The quantitative estimate of drug-likeness (QED) is 0.514. The van der Waals surface area contributed by atoms with Crippen molar-refractivity contribution >= 4 is 15.9 Å². The molecule has 0 unspecified atom stereocenters. The first-order valence-corrected chi connectivity index (χ1v) is 13.3. The van der Waals surface area contributed by atoms with Crippen LogP contribution in [0.4, 0.5) is 0 Å². The van der Waals surface area contributed by atoms with E-state index in [9.17, 15) is 13.2 Å². The van der Waals surface area contributed by atoms with Gasteiger partial charge in [-0.25, -0.2) is 8.42 Å². The number of rotatable bonds is 8. The van der Waals surface area contributed by atoms with Crippen LogP contribution in [0.15, 0.2) is 71.6 Å². The molecule has 8 heteroatoms. The highest BCUT2D eigenvalue weighted by Crippen LogP contribution is 2.32. The molecule has 0 bridgehead atoms. The minimum absolute atomic E-state index is 0.0205. The first-order valence-electron chi connectivity index (χ1n) is 11.8. The maximum Gasteiger partial charge on any atom is 0.253 e. The molecule has 0 spiro atoms. The molecule has 0 atom stereocenters. The molecule has 0 radical (unpaired) electrons. The predicted molar refractivity (Wildman–Crippen MR) is 135 cm³/mol. The van der Waals surface area contributed by atoms with Gasteiger partial charge < -0.3 is 10.1 Å². The number of hydrogen-bond donors (Lipinski definition) is 1. The van der Waals surface area contributed by atoms with Crippen LogP contribution in [0.2, 0.25) is 0 Å². The molecule has 0 aliphatic carbocycles. The van der Waals surface area contributed by atoms with Crippen molar-refractivity contribution in [2.45, 2.75) is 37.0 Å². The van der Waals surface area contributed by atoms with Crippen LogP contribution in [0.1, 0.15) is 46.1 Å². The molecule has 184 valence electrons. The van der Waals surface area contributed by atoms with Gasteiger partial charge in [0.25, 0.3) is 5.91 Å². The van der Waals surface area contributed by atoms with Gasteiger partial charge in [-0.2, -0.15) is 4.31 Å². The summed E-state index contributed by atoms with van der Waals surface area (Å²) in [7, 11) is -1.89. The minimum Gasteiger partial charge on any atom is -0.496 e. The third-order valence-electron chi connectivity index (χ3n) is 6.40. The van der Waals surface area contributed by atoms with Gasteiger partial charge in [-0.1, -0.05) is 36.4 Å². The molecule has 1 aliphatic heterocycles. The number of para-hydroxylation sites is 1. The fourth-order valence-electron chi connectivity index (χ4n) is 4.51. The van der Waals surface area contributed by atoms with Gasteiger partial charge in [0.1, 0.15) is 5.75 Å². The molecule has 1 aliphatic rings. The average Bonchev–Trinajstić information content (AvgIpc) is 2.89. The van der Waals surface area contributed by atoms with Gasteiger partial charge in [-0.15, -0.1) is 0 Å². The second kappa shape index (κ2) is 11.0. The van der Waals surface area contributed by atoms with Crippen LogP contribution in [-0.2, 0) is 16.4 Å². The fraction of sp³-hybridized carbons (Fsp3) is 0.333. The Balaban J connectivity index is 1.43. The molecule has 3 aromatic rings. The number of methoxy groups -OCH3 is 1. The Labute approximate surface area is 207 Å². The SMILES string of the molecule is COc1ccccc1CCNC(=O)c1ccc(C)nc1C1CCN(S(=O)(=O)c2ccccc2)CC1. The topological polar surface area (TPSA) is 88.6 Å². The van der Waals surface area contributed by atoms with Crippen LogP contribution in [0, 0.1) is 6.92 Å². The Morgan fingerprint density at radius 3 is 2.43 bits per heavy atom. The third kappa shape index (κ3) is 5.71. The normalized spacial score (nSPS) is 15.0. The molecule has 1 aromatic heterocycles. The molecular weight excluding hydrogens is 462 g/mol. The van der Waals surface area contributed by atoms with E-state index >= 15 is 0 Å². The lowest BCUT2D eigenvalue weighted by Crippen LogP contribution is -2.38. The number of nitrogens with one attached hydrogen (secondary N) is 1. The number of aromatic nitrogens is 1. The Kier molecular flexibility index (Phi) is 7.83. The molecule has 1 amide bonds. The largest absolute Gasteiger partial charge is 0.496 e. The van der Waals surface area contributed by atoms with Gasteiger partial charge in [0.05, 0.1) is 23.3 Å². The zero-order valence-corrected chi connectivity index (χ0v) is 20.9. The molecule has 0 saturated carbocycles. The third-order valence-corrected chi connectivity index (χ3v) is 8.32. The zero-order valence-electron chi connectivity index (χ0n) is 20.1. The Morgan fingerprint density at radius 2 is 1.71 bits per heavy atom. The van der Waals surface area contributed by atoms with E-state index in [1.165, 1.54) is 4.31 Å². The summed E-state index contributed by atoms with van der Waals surface area (Å²) in [5.41, 5.74) is 3.17. The van der Waals surface area contributed by atoms with Crippen molar-refractivity contribution in [2.75, 3.05) is 26.7 Å². The second-order valence-electron chi connectivity index (χ2n) is 8.69. The van der Waals surface area contributed by atoms with Crippen LogP contribution in [0.25, 0.3) is 0 Å². The smallest absolute Gasteiger partial charge is 0.253 e. The van der Waals surface area contributed by atoms with Crippen LogP contribution in [0.5, 0.6) is 5.75 Å². The van der Waals surface area contributed by atoms with Gasteiger partial charge >= 0.3 is 0 Å². The lowest BCUT2D eigenvalue weighted by Gasteiger charge is -2.31. The van der Waals surface area contributed by atoms with Crippen molar-refractivity contribution in [3.8, 4) is 5.75 Å². The molecule has 7 nitrogen and oxygen atoms in total. The number of carbonyl (C=O) groups excluding carboxylic acids is 1. The first kappa shape index (κ1) is 24.9. The Bertz CT molecular complexity index is 1270. The second-order valence-corrected chi connectivity index (χ2v) is 10.6. The van der Waals surface area contributed by atoms with E-state index < -0.39 is 10.0 Å². The lowest BCUT2D eigenvalue weighted by atomic mass is 9.90. The van der Waals surface area contributed by atoms with E-state index in [4.69, 9.17) is 9.72 Å². The number of aryl methyl sites for hydroxylation is 1. The van der Waals surface area contributed by atoms with Gasteiger partial charge in [0.2, 0.25) is 10.0 Å². The monoisotopic (exact) mass is 493 g/mol. The lowest BCUT2D eigenvalue weighted by molar-refractivity contribution is 0.0951. The number of ether oxygens (including phenoxy) is 1. The van der Waals surface area contributed by atoms with Crippen LogP contribution < -0.4 is 10.1 Å². The number of pyridine rings is 1. The summed E-state index contributed by atoms with van der Waals surface area (Å²) in [5.74, 6) is 0.658. The number of hydrogen-bond acceptors (Lipinski definition) is 5. The number of benzene rings is 2. The number of carbonyl (C=O) groups is 1. The van der Waals surface area contributed by atoms with Crippen LogP contribution >= 0.6 is 0 Å². The highest BCUT2D eigenvalue weighted by Gasteiger charge is 2.32. The Morgan fingerprint density at radius 1 is 1.03 bits per heavy atom. The molecule has 2 aromatic carbocycles. The molecule has 1 N–H and O–H groups in total. The van der Waals surface area contributed by atoms with Crippen molar-refractivity contribution < 1.29 is 17.9 Å². The molecule has 1 saturated heterocycles. The zero-order chi connectivity index (χ0) is 24.8. The summed E-state index contributed by atoms with van der Waals surface area (Å²) in [6, 6.07) is 19.9. The number of piperidine rings is 1. The highest BCUT2D eigenvalue weighted by molar-refractivity contribution is 7.89. The van der Waals surface area contributed by atoms with Crippen molar-refractivity contribution in [3.63, 3.8) is 0 Å². The van der Waals surface area contributed by atoms with E-state index in [0.29, 0.717) is 49.4 Å². The molecule has 35 heavy (non-hydrogen) atoms. The van der Waals surface area contributed by atoms with Gasteiger partial charge in [-0.05, 0) is 62.1 Å². The van der Waals surface area contributed by atoms with Crippen LogP contribution in [0.3, 0.4) is 0 Å². The van der Waals surface area contributed by atoms with E-state index in [0.717, 1.165) is 22.7 Å². The van der Waals surface area contributed by atoms with E-state index in [2.05, 4.69) is 5.32 Å². The summed E-state index contributed by atoms with van der Waals surface area (Å²) >= 11 is 0. The maximum atomic E-state index is 13.1. The van der Waals surface area contributed by atoms with Crippen LogP contribution in [-0.4, -0.2) is 50.4 Å². The van der Waals surface area contributed by atoms with Gasteiger partial charge in [0.15, 0.2) is 0 Å². The van der Waals surface area contributed by atoms with Gasteiger partial charge in [-0.3, -0.25) is 9.78 Å². The highest BCUT2D eigenvalue weighted by atomic mass is 32.2. The predicted octanol–water partition coefficient (Wildman–Crippen LogP) is 3.94. The van der Waals surface area contributed by atoms with E-state index in [-0.39, 0.29) is 11.8 Å². The summed E-state index contributed by atoms with van der Waals surface area (Å²) < 4.78 is 32.9. The van der Waals surface area contributed by atoms with E-state index in [1.54, 1.807) is 37.4 Å². The van der Waals surface area contributed by atoms with E-state index in [1.807, 2.05) is 43.3 Å². The summed E-state index contributed by atoms with van der Waals surface area (Å²) in [6.07, 6.45) is 1.88. The maximum absolute atomic E-state index is 13.1. The molecule has 2 heterocycles. The molecular formula is C27H31N3O4S. The van der Waals surface area contributed by atoms with Crippen molar-refractivity contribution in [1.82, 2.24) is 14.6 Å². The molecule has 4 rings (SSSR count). The summed E-state index contributed by atoms with van der Waals surface area (Å²) in [6.45, 7) is 3.17. The summed E-state index contributed by atoms with van der Waals surface area (Å²) in [4.78, 5) is 18.1.